The van der Waals surface area contributed by atoms with Crippen LogP contribution in [0.1, 0.15) is 12.7 Å². The van der Waals surface area contributed by atoms with E-state index >= 15 is 0 Å². The third kappa shape index (κ3) is 4.08. The molecule has 1 aromatic heterocycles. The number of furan rings is 1. The van der Waals surface area contributed by atoms with Crippen LogP contribution in [-0.2, 0) is 11.2 Å². The van der Waals surface area contributed by atoms with E-state index in [0.29, 0.717) is 6.54 Å². The summed E-state index contributed by atoms with van der Waals surface area (Å²) in [5, 5.41) is 2.98. The molecule has 5 heteroatoms. The fourth-order valence-corrected chi connectivity index (χ4v) is 2.29. The second-order valence-electron chi connectivity index (χ2n) is 5.14. The number of hydrogen-bond donors (Lipinski definition) is 1. The number of carbonyl (C=O) groups is 1. The third-order valence-corrected chi connectivity index (χ3v) is 3.72. The highest BCUT2D eigenvalue weighted by molar-refractivity contribution is 5.81. The van der Waals surface area contributed by atoms with Gasteiger partial charge in [0, 0.05) is 39.1 Å². The monoisotopic (exact) mass is 265 g/mol. The van der Waals surface area contributed by atoms with Crippen LogP contribution < -0.4 is 5.32 Å². The van der Waals surface area contributed by atoms with Gasteiger partial charge >= 0.3 is 0 Å². The second-order valence-corrected chi connectivity index (χ2v) is 5.14. The van der Waals surface area contributed by atoms with E-state index in [-0.39, 0.29) is 11.9 Å². The van der Waals surface area contributed by atoms with Crippen LogP contribution in [0.3, 0.4) is 0 Å². The standard InChI is InChI=1S/C14H23N3O2/c1-12(17-9-7-16(2)8-10-17)14(18)15-6-5-13-4-3-11-19-13/h3-4,11-12H,5-10H2,1-2H3,(H,15,18). The van der Waals surface area contributed by atoms with Crippen LogP contribution in [0.5, 0.6) is 0 Å². The van der Waals surface area contributed by atoms with Crippen LogP contribution in [0.15, 0.2) is 22.8 Å². The van der Waals surface area contributed by atoms with Gasteiger partial charge in [-0.3, -0.25) is 9.69 Å². The number of hydrogen-bond acceptors (Lipinski definition) is 4. The molecule has 106 valence electrons. The Balaban J connectivity index is 1.70. The summed E-state index contributed by atoms with van der Waals surface area (Å²) in [4.78, 5) is 16.6. The molecule has 5 nitrogen and oxygen atoms in total. The number of nitrogens with one attached hydrogen (secondary N) is 1. The third-order valence-electron chi connectivity index (χ3n) is 3.72. The molecule has 0 spiro atoms. The van der Waals surface area contributed by atoms with Crippen molar-refractivity contribution in [3.8, 4) is 0 Å². The number of piperazine rings is 1. The predicted molar refractivity (Wildman–Crippen MR) is 74.0 cm³/mol. The number of amides is 1. The Labute approximate surface area is 114 Å². The Morgan fingerprint density at radius 1 is 1.42 bits per heavy atom. The van der Waals surface area contributed by atoms with E-state index < -0.39 is 0 Å². The van der Waals surface area contributed by atoms with Crippen LogP contribution >= 0.6 is 0 Å². The largest absolute Gasteiger partial charge is 0.469 e. The Hall–Kier alpha value is -1.33. The molecule has 0 radical (unpaired) electrons. The lowest BCUT2D eigenvalue weighted by Gasteiger charge is -2.35. The molecule has 1 aliphatic rings. The highest BCUT2D eigenvalue weighted by atomic mass is 16.3. The first-order chi connectivity index (χ1) is 9.16. The van der Waals surface area contributed by atoms with E-state index in [0.717, 1.165) is 38.4 Å². The van der Waals surface area contributed by atoms with Gasteiger partial charge in [-0.1, -0.05) is 0 Å². The van der Waals surface area contributed by atoms with E-state index in [4.69, 9.17) is 4.42 Å². The Bertz CT molecular complexity index is 383. The van der Waals surface area contributed by atoms with Gasteiger partial charge in [-0.15, -0.1) is 0 Å². The molecule has 0 saturated carbocycles. The lowest BCUT2D eigenvalue weighted by atomic mass is 10.2. The summed E-state index contributed by atoms with van der Waals surface area (Å²) in [5.41, 5.74) is 0. The average molecular weight is 265 g/mol. The fraction of sp³-hybridized carbons (Fsp3) is 0.643. The van der Waals surface area contributed by atoms with Crippen molar-refractivity contribution >= 4 is 5.91 Å². The van der Waals surface area contributed by atoms with Gasteiger partial charge in [0.15, 0.2) is 0 Å². The zero-order chi connectivity index (χ0) is 13.7. The molecule has 19 heavy (non-hydrogen) atoms. The van der Waals surface area contributed by atoms with Crippen LogP contribution in [0.25, 0.3) is 0 Å². The lowest BCUT2D eigenvalue weighted by Crippen LogP contribution is -2.53. The summed E-state index contributed by atoms with van der Waals surface area (Å²) in [6.45, 7) is 6.60. The molecule has 0 aliphatic carbocycles. The van der Waals surface area contributed by atoms with Crippen molar-refractivity contribution < 1.29 is 9.21 Å². The molecule has 1 aliphatic heterocycles. The normalized spacial score (nSPS) is 19.3. The highest BCUT2D eigenvalue weighted by Gasteiger charge is 2.23. The molecule has 1 unspecified atom stereocenters. The number of nitrogens with zero attached hydrogens (tertiary/aromatic N) is 2. The minimum Gasteiger partial charge on any atom is -0.469 e. The number of carbonyl (C=O) groups excluding carboxylic acids is 1. The lowest BCUT2D eigenvalue weighted by molar-refractivity contribution is -0.126. The Morgan fingerprint density at radius 2 is 2.16 bits per heavy atom. The SMILES string of the molecule is CC(C(=O)NCCc1ccco1)N1CCN(C)CC1. The van der Waals surface area contributed by atoms with Gasteiger partial charge in [0.1, 0.15) is 5.76 Å². The van der Waals surface area contributed by atoms with Gasteiger partial charge in [-0.2, -0.15) is 0 Å². The van der Waals surface area contributed by atoms with Crippen LogP contribution in [-0.4, -0.2) is 61.5 Å². The van der Waals surface area contributed by atoms with Crippen LogP contribution in [0, 0.1) is 0 Å². The minimum absolute atomic E-state index is 0.0506. The fourth-order valence-electron chi connectivity index (χ4n) is 2.29. The predicted octanol–water partition coefficient (Wildman–Crippen LogP) is 0.574. The van der Waals surface area contributed by atoms with Gasteiger partial charge in [-0.25, -0.2) is 0 Å². The summed E-state index contributed by atoms with van der Waals surface area (Å²) in [6, 6.07) is 3.74. The summed E-state index contributed by atoms with van der Waals surface area (Å²) >= 11 is 0. The smallest absolute Gasteiger partial charge is 0.237 e. The van der Waals surface area contributed by atoms with E-state index in [1.54, 1.807) is 6.26 Å². The first kappa shape index (κ1) is 14.1. The maximum atomic E-state index is 12.1. The van der Waals surface area contributed by atoms with E-state index in [1.165, 1.54) is 0 Å². The zero-order valence-electron chi connectivity index (χ0n) is 11.8. The molecule has 2 heterocycles. The second kappa shape index (κ2) is 6.73. The van der Waals surface area contributed by atoms with Crippen molar-refractivity contribution in [2.75, 3.05) is 39.8 Å². The van der Waals surface area contributed by atoms with Crippen molar-refractivity contribution in [1.29, 1.82) is 0 Å². The summed E-state index contributed by atoms with van der Waals surface area (Å²) < 4.78 is 5.24. The Morgan fingerprint density at radius 3 is 2.79 bits per heavy atom. The summed E-state index contributed by atoms with van der Waals surface area (Å²) in [5.74, 6) is 1.02. The van der Waals surface area contributed by atoms with Crippen LogP contribution in [0.4, 0.5) is 0 Å². The minimum atomic E-state index is -0.0506. The number of likely N-dealkylation sites (N-methyl/N-ethyl adjacent to an activating group) is 1. The van der Waals surface area contributed by atoms with Gasteiger partial charge in [-0.05, 0) is 26.1 Å². The van der Waals surface area contributed by atoms with E-state index in [1.807, 2.05) is 19.1 Å². The van der Waals surface area contributed by atoms with Crippen molar-refractivity contribution in [1.82, 2.24) is 15.1 Å². The maximum Gasteiger partial charge on any atom is 0.237 e. The molecular weight excluding hydrogens is 242 g/mol. The quantitative estimate of drug-likeness (QED) is 0.846. The molecule has 1 aromatic rings. The molecule has 2 rings (SSSR count). The van der Waals surface area contributed by atoms with Crippen molar-refractivity contribution in [3.63, 3.8) is 0 Å². The molecule has 1 saturated heterocycles. The summed E-state index contributed by atoms with van der Waals surface area (Å²) in [7, 11) is 2.12. The molecule has 1 atom stereocenters. The first-order valence-corrected chi connectivity index (χ1v) is 6.89. The van der Waals surface area contributed by atoms with E-state index in [9.17, 15) is 4.79 Å². The Kier molecular flexibility index (Phi) is 4.99. The summed E-state index contributed by atoms with van der Waals surface area (Å²) in [6.07, 6.45) is 2.40. The molecule has 1 N–H and O–H groups in total. The molecular formula is C14H23N3O2. The van der Waals surface area contributed by atoms with Crippen LogP contribution in [0.2, 0.25) is 0 Å². The van der Waals surface area contributed by atoms with Gasteiger partial charge in [0.05, 0.1) is 12.3 Å². The van der Waals surface area contributed by atoms with Crippen molar-refractivity contribution in [3.05, 3.63) is 24.2 Å². The van der Waals surface area contributed by atoms with Crippen molar-refractivity contribution in [2.24, 2.45) is 0 Å². The van der Waals surface area contributed by atoms with E-state index in [2.05, 4.69) is 22.2 Å². The topological polar surface area (TPSA) is 48.7 Å². The average Bonchev–Trinajstić information content (AvgIpc) is 2.92. The molecule has 0 bridgehead atoms. The molecule has 1 fully saturated rings. The maximum absolute atomic E-state index is 12.1. The van der Waals surface area contributed by atoms with Crippen molar-refractivity contribution in [2.45, 2.75) is 19.4 Å². The first-order valence-electron chi connectivity index (χ1n) is 6.89. The van der Waals surface area contributed by atoms with Gasteiger partial charge < -0.3 is 14.6 Å². The highest BCUT2D eigenvalue weighted by Crippen LogP contribution is 2.05. The van der Waals surface area contributed by atoms with Gasteiger partial charge in [0.2, 0.25) is 5.91 Å². The van der Waals surface area contributed by atoms with Gasteiger partial charge in [0.25, 0.3) is 0 Å². The molecule has 0 aromatic carbocycles. The number of rotatable bonds is 5. The zero-order valence-corrected chi connectivity index (χ0v) is 11.8. The molecule has 1 amide bonds.